The number of carboxylic acid groups (broad SMARTS) is 1. The van der Waals surface area contributed by atoms with E-state index in [2.05, 4.69) is 10.5 Å². The number of carbonyl (C=O) groups excluding carboxylic acids is 1. The zero-order valence-electron chi connectivity index (χ0n) is 10.4. The minimum atomic E-state index is -1.16. The number of aliphatic carboxylic acids is 1. The van der Waals surface area contributed by atoms with E-state index in [1.807, 2.05) is 31.2 Å². The first kappa shape index (κ1) is 13.1. The molecule has 6 heteroatoms. The van der Waals surface area contributed by atoms with Gasteiger partial charge in [-0.1, -0.05) is 35.0 Å². The third-order valence-corrected chi connectivity index (χ3v) is 2.80. The van der Waals surface area contributed by atoms with Crippen molar-refractivity contribution < 1.29 is 19.5 Å². The van der Waals surface area contributed by atoms with Gasteiger partial charge in [0.2, 0.25) is 6.10 Å². The maximum Gasteiger partial charge on any atom is 0.353 e. The molecule has 0 spiro atoms. The van der Waals surface area contributed by atoms with Crippen molar-refractivity contribution in [2.45, 2.75) is 26.0 Å². The SMILES string of the molecule is Cc1ccc(CNC(=O)C2CC(C(=O)O)=NO2)cc1. The van der Waals surface area contributed by atoms with Gasteiger partial charge in [0.05, 0.1) is 0 Å². The molecule has 1 atom stereocenters. The summed E-state index contributed by atoms with van der Waals surface area (Å²) in [6.45, 7) is 2.36. The lowest BCUT2D eigenvalue weighted by atomic mass is 10.1. The Morgan fingerprint density at radius 2 is 2.11 bits per heavy atom. The van der Waals surface area contributed by atoms with Crippen LogP contribution in [0, 0.1) is 6.92 Å². The van der Waals surface area contributed by atoms with Gasteiger partial charge in [-0.05, 0) is 12.5 Å². The van der Waals surface area contributed by atoms with Crippen molar-refractivity contribution in [2.24, 2.45) is 5.16 Å². The summed E-state index contributed by atoms with van der Waals surface area (Å²) in [5.41, 5.74) is 1.99. The molecule has 1 aliphatic rings. The lowest BCUT2D eigenvalue weighted by Gasteiger charge is -2.09. The van der Waals surface area contributed by atoms with Crippen LogP contribution in [0.25, 0.3) is 0 Å². The van der Waals surface area contributed by atoms with Crippen LogP contribution in [-0.4, -0.2) is 28.8 Å². The standard InChI is InChI=1S/C13H14N2O4/c1-8-2-4-9(5-3-8)7-14-12(16)11-6-10(13(17)18)15-19-11/h2-5,11H,6-7H2,1H3,(H,14,16)(H,17,18). The first-order valence-electron chi connectivity index (χ1n) is 5.85. The third kappa shape index (κ3) is 3.31. The van der Waals surface area contributed by atoms with Crippen molar-refractivity contribution in [2.75, 3.05) is 0 Å². The molecule has 1 amide bonds. The summed E-state index contributed by atoms with van der Waals surface area (Å²) in [6.07, 6.45) is -0.855. The Hall–Kier alpha value is -2.37. The molecule has 1 aromatic carbocycles. The topological polar surface area (TPSA) is 88.0 Å². The fourth-order valence-electron chi connectivity index (χ4n) is 1.65. The second kappa shape index (κ2) is 5.51. The molecule has 1 aromatic rings. The Morgan fingerprint density at radius 1 is 1.42 bits per heavy atom. The van der Waals surface area contributed by atoms with E-state index in [4.69, 9.17) is 9.94 Å². The number of hydrogen-bond acceptors (Lipinski definition) is 4. The Morgan fingerprint density at radius 3 is 2.68 bits per heavy atom. The summed E-state index contributed by atoms with van der Waals surface area (Å²) in [6, 6.07) is 7.76. The second-order valence-electron chi connectivity index (χ2n) is 4.34. The molecular weight excluding hydrogens is 248 g/mol. The lowest BCUT2D eigenvalue weighted by Crippen LogP contribution is -2.34. The highest BCUT2D eigenvalue weighted by Crippen LogP contribution is 2.11. The number of nitrogens with one attached hydrogen (secondary N) is 1. The van der Waals surface area contributed by atoms with Gasteiger partial charge in [0.1, 0.15) is 0 Å². The van der Waals surface area contributed by atoms with Gasteiger partial charge >= 0.3 is 5.97 Å². The van der Waals surface area contributed by atoms with Crippen LogP contribution in [0.5, 0.6) is 0 Å². The minimum absolute atomic E-state index is 0.00490. The molecule has 0 aromatic heterocycles. The molecule has 0 saturated heterocycles. The maximum absolute atomic E-state index is 11.8. The van der Waals surface area contributed by atoms with Crippen LogP contribution in [0.3, 0.4) is 0 Å². The van der Waals surface area contributed by atoms with Crippen molar-refractivity contribution >= 4 is 17.6 Å². The summed E-state index contributed by atoms with van der Waals surface area (Å²) >= 11 is 0. The van der Waals surface area contributed by atoms with Crippen molar-refractivity contribution in [3.8, 4) is 0 Å². The minimum Gasteiger partial charge on any atom is -0.477 e. The van der Waals surface area contributed by atoms with Crippen LogP contribution in [0.1, 0.15) is 17.5 Å². The van der Waals surface area contributed by atoms with Gasteiger partial charge in [-0.2, -0.15) is 0 Å². The molecule has 0 radical (unpaired) electrons. The van der Waals surface area contributed by atoms with E-state index in [1.54, 1.807) is 0 Å². The Balaban J connectivity index is 1.83. The Labute approximate surface area is 110 Å². The predicted molar refractivity (Wildman–Crippen MR) is 67.6 cm³/mol. The van der Waals surface area contributed by atoms with E-state index in [9.17, 15) is 9.59 Å². The van der Waals surface area contributed by atoms with Crippen LogP contribution < -0.4 is 5.32 Å². The molecule has 0 aliphatic carbocycles. The number of nitrogens with zero attached hydrogens (tertiary/aromatic N) is 1. The molecule has 1 aliphatic heterocycles. The summed E-state index contributed by atoms with van der Waals surface area (Å²) < 4.78 is 0. The molecule has 0 saturated carbocycles. The van der Waals surface area contributed by atoms with Gasteiger partial charge in [0, 0.05) is 13.0 Å². The van der Waals surface area contributed by atoms with Gasteiger partial charge in [-0.25, -0.2) is 4.79 Å². The summed E-state index contributed by atoms with van der Waals surface area (Å²) in [5, 5.41) is 14.8. The number of carboxylic acids is 1. The monoisotopic (exact) mass is 262 g/mol. The highest BCUT2D eigenvalue weighted by atomic mass is 16.6. The van der Waals surface area contributed by atoms with Crippen LogP contribution in [0.4, 0.5) is 0 Å². The zero-order chi connectivity index (χ0) is 13.8. The summed E-state index contributed by atoms with van der Waals surface area (Å²) in [5.74, 6) is -1.52. The highest BCUT2D eigenvalue weighted by Gasteiger charge is 2.31. The van der Waals surface area contributed by atoms with Crippen LogP contribution in [0.15, 0.2) is 29.4 Å². The second-order valence-corrected chi connectivity index (χ2v) is 4.34. The van der Waals surface area contributed by atoms with Crippen LogP contribution in [-0.2, 0) is 21.0 Å². The van der Waals surface area contributed by atoms with E-state index in [0.717, 1.165) is 11.1 Å². The van der Waals surface area contributed by atoms with Crippen molar-refractivity contribution in [1.29, 1.82) is 0 Å². The van der Waals surface area contributed by atoms with E-state index in [-0.39, 0.29) is 18.0 Å². The smallest absolute Gasteiger partial charge is 0.353 e. The first-order chi connectivity index (χ1) is 9.06. The molecular formula is C13H14N2O4. The quantitative estimate of drug-likeness (QED) is 0.841. The van der Waals surface area contributed by atoms with Crippen LogP contribution in [0.2, 0.25) is 0 Å². The number of carbonyl (C=O) groups is 2. The number of oxime groups is 1. The van der Waals surface area contributed by atoms with Crippen molar-refractivity contribution in [1.82, 2.24) is 5.32 Å². The van der Waals surface area contributed by atoms with Gasteiger partial charge in [-0.3, -0.25) is 4.79 Å². The normalized spacial score (nSPS) is 17.5. The molecule has 0 fully saturated rings. The Bertz CT molecular complexity index is 522. The molecule has 19 heavy (non-hydrogen) atoms. The summed E-state index contributed by atoms with van der Waals surface area (Å²) in [4.78, 5) is 27.2. The number of benzene rings is 1. The fourth-order valence-corrected chi connectivity index (χ4v) is 1.65. The maximum atomic E-state index is 11.8. The van der Waals surface area contributed by atoms with Gasteiger partial charge in [0.15, 0.2) is 5.71 Å². The number of aryl methyl sites for hydroxylation is 1. The number of hydrogen-bond donors (Lipinski definition) is 2. The number of rotatable bonds is 4. The average Bonchev–Trinajstić information content (AvgIpc) is 2.87. The highest BCUT2D eigenvalue weighted by molar-refractivity contribution is 6.36. The molecule has 100 valence electrons. The van der Waals surface area contributed by atoms with Gasteiger partial charge in [-0.15, -0.1) is 0 Å². The van der Waals surface area contributed by atoms with E-state index < -0.39 is 12.1 Å². The first-order valence-corrected chi connectivity index (χ1v) is 5.85. The van der Waals surface area contributed by atoms with Gasteiger partial charge < -0.3 is 15.3 Å². The molecule has 1 heterocycles. The molecule has 6 nitrogen and oxygen atoms in total. The molecule has 0 bridgehead atoms. The van der Waals surface area contributed by atoms with E-state index in [1.165, 1.54) is 0 Å². The largest absolute Gasteiger partial charge is 0.477 e. The third-order valence-electron chi connectivity index (χ3n) is 2.80. The van der Waals surface area contributed by atoms with Crippen LogP contribution >= 0.6 is 0 Å². The number of amides is 1. The van der Waals surface area contributed by atoms with Gasteiger partial charge in [0.25, 0.3) is 5.91 Å². The average molecular weight is 262 g/mol. The molecule has 2 rings (SSSR count). The van der Waals surface area contributed by atoms with Crippen molar-refractivity contribution in [3.05, 3.63) is 35.4 Å². The van der Waals surface area contributed by atoms with Crippen molar-refractivity contribution in [3.63, 3.8) is 0 Å². The Kier molecular flexibility index (Phi) is 3.79. The molecule has 1 unspecified atom stereocenters. The molecule has 2 N–H and O–H groups in total. The fraction of sp³-hybridized carbons (Fsp3) is 0.308. The van der Waals surface area contributed by atoms with E-state index >= 15 is 0 Å². The van der Waals surface area contributed by atoms with E-state index in [0.29, 0.717) is 6.54 Å². The zero-order valence-corrected chi connectivity index (χ0v) is 10.4. The summed E-state index contributed by atoms with van der Waals surface area (Å²) in [7, 11) is 0. The lowest BCUT2D eigenvalue weighted by molar-refractivity contribution is -0.131. The predicted octanol–water partition coefficient (Wildman–Crippen LogP) is 0.841.